The van der Waals surface area contributed by atoms with Crippen LogP contribution >= 0.6 is 11.3 Å². The van der Waals surface area contributed by atoms with Gasteiger partial charge in [-0.1, -0.05) is 6.92 Å². The van der Waals surface area contributed by atoms with Crippen molar-refractivity contribution in [2.75, 3.05) is 5.32 Å². The number of fused-ring (bicyclic) bond motifs is 3. The summed E-state index contributed by atoms with van der Waals surface area (Å²) in [5.74, 6) is -0.818. The zero-order chi connectivity index (χ0) is 19.3. The van der Waals surface area contributed by atoms with Crippen molar-refractivity contribution in [1.29, 1.82) is 0 Å². The molecule has 1 amide bonds. The number of halogens is 1. The number of H-pyrrole nitrogens is 1. The smallest absolute Gasteiger partial charge is 0.265 e. The van der Waals surface area contributed by atoms with Gasteiger partial charge in [0.25, 0.3) is 11.5 Å². The van der Waals surface area contributed by atoms with Gasteiger partial charge >= 0.3 is 0 Å². The number of hydrogen-bond donors (Lipinski definition) is 3. The maximum atomic E-state index is 13.4. The fourth-order valence-electron chi connectivity index (χ4n) is 3.61. The number of benzene rings is 1. The molecule has 0 saturated heterocycles. The number of pyridine rings is 1. The summed E-state index contributed by atoms with van der Waals surface area (Å²) in [6.07, 6.45) is 2.73. The minimum absolute atomic E-state index is 0.280. The molecule has 0 radical (unpaired) electrons. The second-order valence-corrected chi connectivity index (χ2v) is 8.26. The highest BCUT2D eigenvalue weighted by atomic mass is 32.1. The third-order valence-corrected chi connectivity index (χ3v) is 6.25. The van der Waals surface area contributed by atoms with Gasteiger partial charge in [-0.15, -0.1) is 11.3 Å². The van der Waals surface area contributed by atoms with Crippen molar-refractivity contribution < 1.29 is 14.3 Å². The molecule has 0 aliphatic heterocycles. The topological polar surface area (TPSA) is 82.2 Å². The Kier molecular flexibility index (Phi) is 4.26. The molecular weight excluding hydrogens is 367 g/mol. The van der Waals surface area contributed by atoms with Crippen LogP contribution in [0.15, 0.2) is 23.0 Å². The fourth-order valence-corrected chi connectivity index (χ4v) is 5.02. The molecule has 1 unspecified atom stereocenters. The van der Waals surface area contributed by atoms with Crippen LogP contribution in [0.2, 0.25) is 0 Å². The molecule has 2 aromatic heterocycles. The Hall–Kier alpha value is -2.67. The third kappa shape index (κ3) is 3.02. The summed E-state index contributed by atoms with van der Waals surface area (Å²) in [4.78, 5) is 29.6. The number of hydrogen-bond acceptors (Lipinski definition) is 4. The number of carbonyl (C=O) groups is 1. The number of aromatic amines is 1. The molecule has 1 aliphatic rings. The lowest BCUT2D eigenvalue weighted by molar-refractivity contribution is 0.102. The van der Waals surface area contributed by atoms with E-state index in [1.165, 1.54) is 29.5 Å². The Labute approximate surface area is 158 Å². The van der Waals surface area contributed by atoms with Gasteiger partial charge in [-0.2, -0.15) is 0 Å². The highest BCUT2D eigenvalue weighted by Gasteiger charge is 2.27. The van der Waals surface area contributed by atoms with Crippen LogP contribution in [-0.2, 0) is 12.8 Å². The molecule has 1 aliphatic carbocycles. The number of aromatic hydroxyl groups is 1. The highest BCUT2D eigenvalue weighted by molar-refractivity contribution is 7.18. The minimum Gasteiger partial charge on any atom is -0.506 e. The molecule has 3 aromatic rings. The number of rotatable bonds is 2. The van der Waals surface area contributed by atoms with E-state index < -0.39 is 11.5 Å². The van der Waals surface area contributed by atoms with Crippen LogP contribution in [0.5, 0.6) is 5.75 Å². The lowest BCUT2D eigenvalue weighted by Gasteiger charge is -2.18. The lowest BCUT2D eigenvalue weighted by Crippen LogP contribution is -2.23. The van der Waals surface area contributed by atoms with Crippen LogP contribution in [-0.4, -0.2) is 16.0 Å². The van der Waals surface area contributed by atoms with Gasteiger partial charge in [0.15, 0.2) is 0 Å². The predicted octanol–water partition coefficient (Wildman–Crippen LogP) is 4.12. The third-order valence-electron chi connectivity index (χ3n) is 5.08. The number of anilines is 1. The minimum atomic E-state index is -0.717. The van der Waals surface area contributed by atoms with E-state index in [0.717, 1.165) is 29.7 Å². The maximum absolute atomic E-state index is 13.4. The Balaban J connectivity index is 1.78. The molecular formula is C20H19FN2O3S. The van der Waals surface area contributed by atoms with Crippen molar-refractivity contribution in [2.24, 2.45) is 5.92 Å². The molecule has 1 aromatic carbocycles. The van der Waals surface area contributed by atoms with Crippen LogP contribution in [0.1, 0.15) is 39.7 Å². The van der Waals surface area contributed by atoms with Crippen LogP contribution < -0.4 is 10.9 Å². The fraction of sp³-hybridized carbons (Fsp3) is 0.300. The Morgan fingerprint density at radius 1 is 1.41 bits per heavy atom. The van der Waals surface area contributed by atoms with Crippen LogP contribution in [0.25, 0.3) is 10.2 Å². The highest BCUT2D eigenvalue weighted by Crippen LogP contribution is 2.41. The summed E-state index contributed by atoms with van der Waals surface area (Å²) in [5, 5.41) is 13.9. The van der Waals surface area contributed by atoms with Gasteiger partial charge in [0.2, 0.25) is 0 Å². The number of aromatic nitrogens is 1. The Morgan fingerprint density at radius 3 is 2.93 bits per heavy atom. The molecule has 1 atom stereocenters. The Bertz CT molecular complexity index is 1130. The van der Waals surface area contributed by atoms with E-state index in [2.05, 4.69) is 17.2 Å². The standard InChI is InChI=1S/C20H19FN2O3S/c1-9-3-5-12-14(7-9)27-20-15(12)17(24)16(19(26)23-20)18(25)22-11-4-6-13(21)10(2)8-11/h4,6,8-9H,3,5,7H2,1-2H3,(H,22,25)(H2,23,24,26). The van der Waals surface area contributed by atoms with Gasteiger partial charge < -0.3 is 15.4 Å². The first-order valence-electron chi connectivity index (χ1n) is 8.82. The van der Waals surface area contributed by atoms with E-state index in [0.29, 0.717) is 27.4 Å². The summed E-state index contributed by atoms with van der Waals surface area (Å²) in [6.45, 7) is 3.76. The lowest BCUT2D eigenvalue weighted by atomic mass is 9.89. The monoisotopic (exact) mass is 386 g/mol. The summed E-state index contributed by atoms with van der Waals surface area (Å²) in [6, 6.07) is 4.14. The van der Waals surface area contributed by atoms with Gasteiger partial charge in [-0.3, -0.25) is 9.59 Å². The zero-order valence-electron chi connectivity index (χ0n) is 15.0. The van der Waals surface area contributed by atoms with Gasteiger partial charge in [0.1, 0.15) is 22.0 Å². The van der Waals surface area contributed by atoms with E-state index >= 15 is 0 Å². The molecule has 0 fully saturated rings. The zero-order valence-corrected chi connectivity index (χ0v) is 15.8. The number of amides is 1. The van der Waals surface area contributed by atoms with E-state index in [1.54, 1.807) is 6.92 Å². The molecule has 4 rings (SSSR count). The van der Waals surface area contributed by atoms with Gasteiger partial charge in [0, 0.05) is 10.6 Å². The second kappa shape index (κ2) is 6.49. The maximum Gasteiger partial charge on any atom is 0.265 e. The number of nitrogens with one attached hydrogen (secondary N) is 2. The van der Waals surface area contributed by atoms with Crippen LogP contribution in [0.3, 0.4) is 0 Å². The average molecular weight is 386 g/mol. The van der Waals surface area contributed by atoms with E-state index in [-0.39, 0.29) is 17.1 Å². The first-order chi connectivity index (χ1) is 12.8. The van der Waals surface area contributed by atoms with E-state index in [1.807, 2.05) is 0 Å². The number of thiophene rings is 1. The van der Waals surface area contributed by atoms with Crippen molar-refractivity contribution in [3.63, 3.8) is 0 Å². The largest absolute Gasteiger partial charge is 0.506 e. The average Bonchev–Trinajstić information content (AvgIpc) is 2.95. The van der Waals surface area contributed by atoms with Gasteiger partial charge in [-0.25, -0.2) is 4.39 Å². The quantitative estimate of drug-likeness (QED) is 0.620. The summed E-state index contributed by atoms with van der Waals surface area (Å²) in [5.41, 5.74) is 0.807. The first-order valence-corrected chi connectivity index (χ1v) is 9.63. The summed E-state index contributed by atoms with van der Waals surface area (Å²) >= 11 is 1.47. The normalized spacial score (nSPS) is 16.3. The van der Waals surface area contributed by atoms with Crippen molar-refractivity contribution in [2.45, 2.75) is 33.1 Å². The molecule has 3 N–H and O–H groups in total. The molecule has 27 heavy (non-hydrogen) atoms. The van der Waals surface area contributed by atoms with Crippen molar-refractivity contribution in [1.82, 2.24) is 4.98 Å². The van der Waals surface area contributed by atoms with Crippen LogP contribution in [0, 0.1) is 18.7 Å². The molecule has 140 valence electrons. The van der Waals surface area contributed by atoms with Crippen molar-refractivity contribution in [3.8, 4) is 5.75 Å². The Morgan fingerprint density at radius 2 is 2.19 bits per heavy atom. The summed E-state index contributed by atoms with van der Waals surface area (Å²) < 4.78 is 13.4. The molecule has 0 bridgehead atoms. The van der Waals surface area contributed by atoms with E-state index in [9.17, 15) is 19.1 Å². The van der Waals surface area contributed by atoms with Crippen LogP contribution in [0.4, 0.5) is 10.1 Å². The van der Waals surface area contributed by atoms with Crippen molar-refractivity contribution in [3.05, 3.63) is 55.9 Å². The predicted molar refractivity (Wildman–Crippen MR) is 104 cm³/mol. The molecule has 7 heteroatoms. The SMILES string of the molecule is Cc1cc(NC(=O)c2c(O)c3c4c(sc3[nH]c2=O)CC(C)CC4)ccc1F. The first kappa shape index (κ1) is 17.7. The van der Waals surface area contributed by atoms with E-state index in [4.69, 9.17) is 0 Å². The summed E-state index contributed by atoms with van der Waals surface area (Å²) in [7, 11) is 0. The number of carbonyl (C=O) groups excluding carboxylic acids is 1. The molecule has 0 spiro atoms. The molecule has 0 saturated carbocycles. The molecule has 2 heterocycles. The second-order valence-electron chi connectivity index (χ2n) is 7.15. The van der Waals surface area contributed by atoms with Gasteiger partial charge in [0.05, 0.1) is 5.39 Å². The van der Waals surface area contributed by atoms with Crippen molar-refractivity contribution >= 4 is 33.1 Å². The number of aryl methyl sites for hydroxylation is 2. The van der Waals surface area contributed by atoms with Gasteiger partial charge in [-0.05, 0) is 61.4 Å². The molecule has 5 nitrogen and oxygen atoms in total.